The van der Waals surface area contributed by atoms with Gasteiger partial charge >= 0.3 is 0 Å². The van der Waals surface area contributed by atoms with Crippen LogP contribution in [0.3, 0.4) is 0 Å². The van der Waals surface area contributed by atoms with E-state index in [-0.39, 0.29) is 4.90 Å². The molecule has 0 amide bonds. The highest BCUT2D eigenvalue weighted by Gasteiger charge is 2.29. The fourth-order valence-electron chi connectivity index (χ4n) is 2.98. The zero-order valence-electron chi connectivity index (χ0n) is 15.5. The zero-order valence-corrected chi connectivity index (χ0v) is 17.2. The highest BCUT2D eigenvalue weighted by Crippen LogP contribution is 2.40. The zero-order chi connectivity index (χ0) is 20.1. The molecule has 144 valence electrons. The summed E-state index contributed by atoms with van der Waals surface area (Å²) in [6.45, 7) is 0. The van der Waals surface area contributed by atoms with Crippen molar-refractivity contribution in [3.63, 3.8) is 0 Å². The van der Waals surface area contributed by atoms with Crippen LogP contribution in [0.15, 0.2) is 135 Å². The lowest BCUT2D eigenvalue weighted by Crippen LogP contribution is -2.06. The summed E-state index contributed by atoms with van der Waals surface area (Å²) in [6.07, 6.45) is 0. The van der Waals surface area contributed by atoms with Crippen LogP contribution in [-0.2, 0) is 20.9 Å². The van der Waals surface area contributed by atoms with Crippen LogP contribution in [0.25, 0.3) is 4.72 Å². The lowest BCUT2D eigenvalue weighted by Gasteiger charge is -2.24. The Hall–Kier alpha value is -3.02. The number of hydrogen-bond acceptors (Lipinski definition) is 2. The molecule has 5 heteroatoms. The third-order valence-corrected chi connectivity index (χ3v) is 7.88. The van der Waals surface area contributed by atoms with E-state index >= 15 is 0 Å². The van der Waals surface area contributed by atoms with Gasteiger partial charge in [-0.2, -0.15) is 0 Å². The number of sulfonamides is 1. The number of rotatable bonds is 6. The lowest BCUT2D eigenvalue weighted by atomic mass is 10.3. The minimum absolute atomic E-state index is 0.189. The molecule has 0 unspecified atom stereocenters. The van der Waals surface area contributed by atoms with E-state index in [9.17, 15) is 8.42 Å². The van der Waals surface area contributed by atoms with Gasteiger partial charge in [-0.3, -0.25) is 0 Å². The average molecular weight is 418 g/mol. The molecule has 0 saturated carbocycles. The second-order valence-electron chi connectivity index (χ2n) is 6.28. The molecule has 0 N–H and O–H groups in total. The molecule has 0 radical (unpaired) electrons. The maximum Gasteiger partial charge on any atom is 0.166 e. The van der Waals surface area contributed by atoms with Gasteiger partial charge in [-0.15, -0.1) is 0 Å². The first-order chi connectivity index (χ1) is 14.1. The maximum atomic E-state index is 12.9. The molecular weight excluding hydrogens is 398 g/mol. The Kier molecular flexibility index (Phi) is 5.69. The first-order valence-corrected chi connectivity index (χ1v) is 11.8. The van der Waals surface area contributed by atoms with Gasteiger partial charge in [0, 0.05) is 0 Å². The van der Waals surface area contributed by atoms with Crippen molar-refractivity contribution in [1.29, 1.82) is 0 Å². The second-order valence-corrected chi connectivity index (χ2v) is 9.88. The van der Waals surface area contributed by atoms with E-state index < -0.39 is 20.9 Å². The fraction of sp³-hybridized carbons (Fsp3) is 0. The van der Waals surface area contributed by atoms with E-state index in [0.717, 1.165) is 14.7 Å². The van der Waals surface area contributed by atoms with Gasteiger partial charge in [0.05, 0.1) is 15.8 Å². The standard InChI is InChI=1S/C24H19NO2S2/c26-29(27,22-16-8-3-9-17-22)25-23-18-10-11-19-24(23)28(20-12-4-1-5-13-20)21-14-6-2-7-15-21/h1-19H. The summed E-state index contributed by atoms with van der Waals surface area (Å²) < 4.78 is 30.0. The van der Waals surface area contributed by atoms with E-state index in [1.54, 1.807) is 36.4 Å². The van der Waals surface area contributed by atoms with Crippen LogP contribution in [0, 0.1) is 0 Å². The summed E-state index contributed by atoms with van der Waals surface area (Å²) in [5.74, 6) is 0. The summed E-state index contributed by atoms with van der Waals surface area (Å²) in [5.41, 5.74) is 0.465. The van der Waals surface area contributed by atoms with Gasteiger partial charge in [0.15, 0.2) is 14.7 Å². The minimum Gasteiger partial charge on any atom is -0.569 e. The molecule has 3 nitrogen and oxygen atoms in total. The molecule has 0 heterocycles. The summed E-state index contributed by atoms with van der Waals surface area (Å²) >= 11 is 0. The van der Waals surface area contributed by atoms with E-state index in [0.29, 0.717) is 5.69 Å². The normalized spacial score (nSPS) is 11.3. The van der Waals surface area contributed by atoms with Crippen molar-refractivity contribution in [2.24, 2.45) is 0 Å². The Morgan fingerprint density at radius 1 is 0.552 bits per heavy atom. The topological polar surface area (TPSA) is 48.2 Å². The molecule has 0 aliphatic rings. The number of nitrogens with zero attached hydrogens (tertiary/aromatic N) is 1. The van der Waals surface area contributed by atoms with E-state index in [2.05, 4.69) is 29.0 Å². The Morgan fingerprint density at radius 2 is 1.00 bits per heavy atom. The third-order valence-electron chi connectivity index (χ3n) is 4.30. The van der Waals surface area contributed by atoms with Crippen molar-refractivity contribution >= 4 is 26.6 Å². The van der Waals surface area contributed by atoms with Gasteiger partial charge in [0.1, 0.15) is 10.0 Å². The highest BCUT2D eigenvalue weighted by atomic mass is 32.2. The molecule has 29 heavy (non-hydrogen) atoms. The van der Waals surface area contributed by atoms with E-state index in [1.165, 1.54) is 0 Å². The van der Waals surface area contributed by atoms with Gasteiger partial charge in [0.25, 0.3) is 0 Å². The molecule has 4 aromatic carbocycles. The van der Waals surface area contributed by atoms with Crippen LogP contribution < -0.4 is 0 Å². The van der Waals surface area contributed by atoms with Crippen molar-refractivity contribution in [3.05, 3.63) is 120 Å². The Balaban J connectivity index is 1.82. The van der Waals surface area contributed by atoms with Gasteiger partial charge in [-0.05, 0) is 42.5 Å². The van der Waals surface area contributed by atoms with Crippen molar-refractivity contribution < 1.29 is 8.42 Å². The third kappa shape index (κ3) is 4.36. The highest BCUT2D eigenvalue weighted by molar-refractivity contribution is 7.97. The molecule has 0 aromatic heterocycles. The quantitative estimate of drug-likeness (QED) is 0.352. The fourth-order valence-corrected chi connectivity index (χ4v) is 6.24. The van der Waals surface area contributed by atoms with Gasteiger partial charge in [-0.25, -0.2) is 8.42 Å². The van der Waals surface area contributed by atoms with Crippen LogP contribution in [-0.4, -0.2) is 8.42 Å². The predicted molar refractivity (Wildman–Crippen MR) is 118 cm³/mol. The van der Waals surface area contributed by atoms with E-state index in [4.69, 9.17) is 0 Å². The monoisotopic (exact) mass is 417 g/mol. The number of hydrogen-bond donors (Lipinski definition) is 0. The van der Waals surface area contributed by atoms with Gasteiger partial charge in [-0.1, -0.05) is 78.5 Å². The second kappa shape index (κ2) is 8.55. The predicted octanol–water partition coefficient (Wildman–Crippen LogP) is 6.18. The molecule has 0 spiro atoms. The van der Waals surface area contributed by atoms with Crippen molar-refractivity contribution in [3.8, 4) is 0 Å². The molecule has 4 aromatic rings. The minimum atomic E-state index is -3.80. The van der Waals surface area contributed by atoms with Crippen molar-refractivity contribution in [2.75, 3.05) is 0 Å². The Bertz CT molecular complexity index is 1140. The van der Waals surface area contributed by atoms with Crippen LogP contribution in [0.1, 0.15) is 0 Å². The van der Waals surface area contributed by atoms with Gasteiger partial charge < -0.3 is 4.72 Å². The molecule has 4 rings (SSSR count). The van der Waals surface area contributed by atoms with Crippen LogP contribution in [0.4, 0.5) is 5.69 Å². The summed E-state index contributed by atoms with van der Waals surface area (Å²) in [7, 11) is -4.28. The Morgan fingerprint density at radius 3 is 1.55 bits per heavy atom. The Labute approximate surface area is 174 Å². The molecule has 0 aliphatic carbocycles. The van der Waals surface area contributed by atoms with Crippen molar-refractivity contribution in [2.45, 2.75) is 19.6 Å². The number of benzene rings is 4. The SMILES string of the molecule is O=S(=O)([N-]c1ccccc1[S+](c1ccccc1)c1ccccc1)c1ccccc1. The molecule has 0 atom stereocenters. The van der Waals surface area contributed by atoms with Crippen LogP contribution in [0.5, 0.6) is 0 Å². The van der Waals surface area contributed by atoms with Crippen LogP contribution in [0.2, 0.25) is 0 Å². The molecule has 0 bridgehead atoms. The summed E-state index contributed by atoms with van der Waals surface area (Å²) in [6, 6.07) is 36.0. The first-order valence-electron chi connectivity index (χ1n) is 9.12. The maximum absolute atomic E-state index is 12.9. The molecule has 0 aliphatic heterocycles. The lowest BCUT2D eigenvalue weighted by molar-refractivity contribution is 0.603. The average Bonchev–Trinajstić information content (AvgIpc) is 2.77. The smallest absolute Gasteiger partial charge is 0.166 e. The summed E-state index contributed by atoms with van der Waals surface area (Å²) in [5, 5.41) is 0. The van der Waals surface area contributed by atoms with Crippen LogP contribution >= 0.6 is 0 Å². The van der Waals surface area contributed by atoms with Crippen molar-refractivity contribution in [1.82, 2.24) is 0 Å². The summed E-state index contributed by atoms with van der Waals surface area (Å²) in [4.78, 5) is 3.29. The largest absolute Gasteiger partial charge is 0.569 e. The molecule has 0 fully saturated rings. The first kappa shape index (κ1) is 19.3. The molecule has 0 saturated heterocycles. The molecular formula is C24H19NO2S2. The van der Waals surface area contributed by atoms with E-state index in [1.807, 2.05) is 54.6 Å². The van der Waals surface area contributed by atoms with Gasteiger partial charge in [0.2, 0.25) is 0 Å².